The summed E-state index contributed by atoms with van der Waals surface area (Å²) in [6.45, 7) is 7.85. The highest BCUT2D eigenvalue weighted by Gasteiger charge is 2.14. The lowest BCUT2D eigenvalue weighted by Gasteiger charge is -2.22. The van der Waals surface area contributed by atoms with Gasteiger partial charge in [-0.15, -0.1) is 0 Å². The number of hydrogen-bond donors (Lipinski definition) is 1. The summed E-state index contributed by atoms with van der Waals surface area (Å²) in [5.41, 5.74) is 1.40. The molecule has 19 heavy (non-hydrogen) atoms. The maximum absolute atomic E-state index is 4.22. The lowest BCUT2D eigenvalue weighted by atomic mass is 9.93. The predicted octanol–water partition coefficient (Wildman–Crippen LogP) is 4.32. The molecule has 2 rings (SSSR count). The van der Waals surface area contributed by atoms with Crippen molar-refractivity contribution in [3.8, 4) is 0 Å². The number of pyridine rings is 1. The third kappa shape index (κ3) is 3.54. The Morgan fingerprint density at radius 1 is 1.21 bits per heavy atom. The normalized spacial score (nSPS) is 13.1. The summed E-state index contributed by atoms with van der Waals surface area (Å²) >= 11 is 0. The SMILES string of the molecule is CCCNC(CC(C)C)c1cccc2cnccc12. The Bertz CT molecular complexity index is 514. The third-order valence-corrected chi connectivity index (χ3v) is 3.44. The average molecular weight is 256 g/mol. The molecule has 0 saturated carbocycles. The fraction of sp³-hybridized carbons (Fsp3) is 0.471. The highest BCUT2D eigenvalue weighted by Crippen LogP contribution is 2.28. The van der Waals surface area contributed by atoms with Gasteiger partial charge in [0.15, 0.2) is 0 Å². The van der Waals surface area contributed by atoms with E-state index in [1.54, 1.807) is 0 Å². The molecule has 0 aliphatic heterocycles. The molecule has 0 saturated heterocycles. The number of benzene rings is 1. The maximum atomic E-state index is 4.22. The quantitative estimate of drug-likeness (QED) is 0.832. The molecule has 0 aliphatic carbocycles. The monoisotopic (exact) mass is 256 g/mol. The van der Waals surface area contributed by atoms with Gasteiger partial charge in [-0.1, -0.05) is 39.0 Å². The average Bonchev–Trinajstić information content (AvgIpc) is 2.42. The summed E-state index contributed by atoms with van der Waals surface area (Å²) in [7, 11) is 0. The van der Waals surface area contributed by atoms with E-state index in [9.17, 15) is 0 Å². The van der Waals surface area contributed by atoms with Crippen LogP contribution in [-0.2, 0) is 0 Å². The first-order valence-corrected chi connectivity index (χ1v) is 7.28. The second-order valence-corrected chi connectivity index (χ2v) is 5.58. The topological polar surface area (TPSA) is 24.9 Å². The standard InChI is InChI=1S/C17H24N2/c1-4-9-19-17(11-13(2)3)16-7-5-6-14-12-18-10-8-15(14)16/h5-8,10,12-13,17,19H,4,9,11H2,1-3H3. The Labute approximate surface area is 116 Å². The van der Waals surface area contributed by atoms with Gasteiger partial charge in [0.05, 0.1) is 0 Å². The van der Waals surface area contributed by atoms with Crippen molar-refractivity contribution in [2.45, 2.75) is 39.7 Å². The molecular formula is C17H24N2. The van der Waals surface area contributed by atoms with Crippen molar-refractivity contribution in [2.24, 2.45) is 5.92 Å². The van der Waals surface area contributed by atoms with Gasteiger partial charge in [0, 0.05) is 23.8 Å². The Morgan fingerprint density at radius 3 is 2.79 bits per heavy atom. The van der Waals surface area contributed by atoms with Gasteiger partial charge < -0.3 is 5.32 Å². The fourth-order valence-corrected chi connectivity index (χ4v) is 2.56. The fourth-order valence-electron chi connectivity index (χ4n) is 2.56. The van der Waals surface area contributed by atoms with Crippen LogP contribution in [0.4, 0.5) is 0 Å². The van der Waals surface area contributed by atoms with E-state index in [0.29, 0.717) is 12.0 Å². The first kappa shape index (κ1) is 14.0. The molecule has 1 N–H and O–H groups in total. The first-order valence-electron chi connectivity index (χ1n) is 7.28. The van der Waals surface area contributed by atoms with Gasteiger partial charge in [-0.05, 0) is 42.3 Å². The van der Waals surface area contributed by atoms with Gasteiger partial charge >= 0.3 is 0 Å². The van der Waals surface area contributed by atoms with Crippen LogP contribution in [0.5, 0.6) is 0 Å². The van der Waals surface area contributed by atoms with Crippen LogP contribution < -0.4 is 5.32 Å². The van der Waals surface area contributed by atoms with Crippen molar-refractivity contribution >= 4 is 10.8 Å². The van der Waals surface area contributed by atoms with E-state index in [2.05, 4.69) is 55.3 Å². The molecule has 1 aromatic heterocycles. The molecule has 2 nitrogen and oxygen atoms in total. The molecule has 0 aliphatic rings. The molecule has 0 fully saturated rings. The minimum Gasteiger partial charge on any atom is -0.310 e. The summed E-state index contributed by atoms with van der Waals surface area (Å²) in [5.74, 6) is 0.687. The Morgan fingerprint density at radius 2 is 2.05 bits per heavy atom. The molecule has 0 spiro atoms. The second-order valence-electron chi connectivity index (χ2n) is 5.58. The molecular weight excluding hydrogens is 232 g/mol. The number of fused-ring (bicyclic) bond motifs is 1. The second kappa shape index (κ2) is 6.67. The lowest BCUT2D eigenvalue weighted by molar-refractivity contribution is 0.432. The number of aromatic nitrogens is 1. The van der Waals surface area contributed by atoms with E-state index in [4.69, 9.17) is 0 Å². The van der Waals surface area contributed by atoms with Gasteiger partial charge in [-0.3, -0.25) is 4.98 Å². The predicted molar refractivity (Wildman–Crippen MR) is 82.2 cm³/mol. The minimum absolute atomic E-state index is 0.436. The molecule has 1 atom stereocenters. The van der Waals surface area contributed by atoms with Crippen LogP contribution in [0.1, 0.15) is 45.2 Å². The van der Waals surface area contributed by atoms with Crippen molar-refractivity contribution in [2.75, 3.05) is 6.54 Å². The molecule has 0 amide bonds. The molecule has 2 heteroatoms. The van der Waals surface area contributed by atoms with Crippen molar-refractivity contribution < 1.29 is 0 Å². The van der Waals surface area contributed by atoms with Crippen LogP contribution in [0.2, 0.25) is 0 Å². The van der Waals surface area contributed by atoms with Crippen LogP contribution in [0.3, 0.4) is 0 Å². The molecule has 0 radical (unpaired) electrons. The maximum Gasteiger partial charge on any atom is 0.0346 e. The zero-order valence-electron chi connectivity index (χ0n) is 12.2. The minimum atomic E-state index is 0.436. The van der Waals surface area contributed by atoms with E-state index in [-0.39, 0.29) is 0 Å². The van der Waals surface area contributed by atoms with Crippen molar-refractivity contribution in [1.29, 1.82) is 0 Å². The molecule has 1 aromatic carbocycles. The number of hydrogen-bond acceptors (Lipinski definition) is 2. The van der Waals surface area contributed by atoms with E-state index in [1.165, 1.54) is 29.2 Å². The number of nitrogens with one attached hydrogen (secondary N) is 1. The zero-order valence-corrected chi connectivity index (χ0v) is 12.2. The van der Waals surface area contributed by atoms with E-state index >= 15 is 0 Å². The van der Waals surface area contributed by atoms with Crippen LogP contribution in [-0.4, -0.2) is 11.5 Å². The molecule has 1 heterocycles. The van der Waals surface area contributed by atoms with Gasteiger partial charge in [0.2, 0.25) is 0 Å². The van der Waals surface area contributed by atoms with Crippen LogP contribution in [0.15, 0.2) is 36.7 Å². The number of rotatable bonds is 6. The van der Waals surface area contributed by atoms with Crippen LogP contribution in [0, 0.1) is 5.92 Å². The Hall–Kier alpha value is -1.41. The molecule has 1 unspecified atom stereocenters. The van der Waals surface area contributed by atoms with Crippen LogP contribution in [0.25, 0.3) is 10.8 Å². The van der Waals surface area contributed by atoms with E-state index in [0.717, 1.165) is 6.54 Å². The Balaban J connectivity index is 2.37. The third-order valence-electron chi connectivity index (χ3n) is 3.44. The summed E-state index contributed by atoms with van der Waals surface area (Å²) in [6.07, 6.45) is 6.17. The van der Waals surface area contributed by atoms with Gasteiger partial charge in [-0.2, -0.15) is 0 Å². The summed E-state index contributed by atoms with van der Waals surface area (Å²) in [4.78, 5) is 4.22. The van der Waals surface area contributed by atoms with E-state index in [1.807, 2.05) is 12.4 Å². The largest absolute Gasteiger partial charge is 0.310 e. The number of nitrogens with zero attached hydrogens (tertiary/aromatic N) is 1. The zero-order chi connectivity index (χ0) is 13.7. The summed E-state index contributed by atoms with van der Waals surface area (Å²) in [6, 6.07) is 9.09. The van der Waals surface area contributed by atoms with Crippen molar-refractivity contribution in [3.63, 3.8) is 0 Å². The van der Waals surface area contributed by atoms with Gasteiger partial charge in [0.25, 0.3) is 0 Å². The smallest absolute Gasteiger partial charge is 0.0346 e. The Kier molecular flexibility index (Phi) is 4.92. The molecule has 2 aromatic rings. The highest BCUT2D eigenvalue weighted by molar-refractivity contribution is 5.85. The first-order chi connectivity index (χ1) is 9.22. The van der Waals surface area contributed by atoms with Gasteiger partial charge in [-0.25, -0.2) is 0 Å². The molecule has 0 bridgehead atoms. The molecule has 102 valence electrons. The highest BCUT2D eigenvalue weighted by atomic mass is 14.9. The van der Waals surface area contributed by atoms with Gasteiger partial charge in [0.1, 0.15) is 0 Å². The van der Waals surface area contributed by atoms with Crippen molar-refractivity contribution in [1.82, 2.24) is 10.3 Å². The van der Waals surface area contributed by atoms with E-state index < -0.39 is 0 Å². The van der Waals surface area contributed by atoms with Crippen molar-refractivity contribution in [3.05, 3.63) is 42.2 Å². The van der Waals surface area contributed by atoms with Crippen LogP contribution >= 0.6 is 0 Å². The lowest BCUT2D eigenvalue weighted by Crippen LogP contribution is -2.23. The summed E-state index contributed by atoms with van der Waals surface area (Å²) in [5, 5.41) is 6.24. The summed E-state index contributed by atoms with van der Waals surface area (Å²) < 4.78 is 0.